The van der Waals surface area contributed by atoms with E-state index in [4.69, 9.17) is 0 Å². The number of rotatable bonds is 2. The van der Waals surface area contributed by atoms with Crippen LogP contribution in [-0.4, -0.2) is 0 Å². The zero-order valence-electron chi connectivity index (χ0n) is 11.9. The van der Waals surface area contributed by atoms with Gasteiger partial charge in [-0.2, -0.15) is 0 Å². The maximum Gasteiger partial charge on any atom is 0.178 e. The smallest absolute Gasteiger partial charge is 0.178 e. The molecule has 2 aromatic rings. The highest BCUT2D eigenvalue weighted by molar-refractivity contribution is 5.45. The predicted molar refractivity (Wildman–Crippen MR) is 79.4 cm³/mol. The largest absolute Gasteiger partial charge is 0.290 e. The van der Waals surface area contributed by atoms with Gasteiger partial charge >= 0.3 is 0 Å². The van der Waals surface area contributed by atoms with E-state index in [9.17, 15) is 10.2 Å². The molecule has 2 heteroatoms. The first-order valence-corrected chi connectivity index (χ1v) is 7.73. The van der Waals surface area contributed by atoms with E-state index in [-0.39, 0.29) is 16.9 Å². The third-order valence-electron chi connectivity index (χ3n) is 5.59. The minimum atomic E-state index is 0.00428. The lowest BCUT2D eigenvalue weighted by molar-refractivity contribution is 0.317. The summed E-state index contributed by atoms with van der Waals surface area (Å²) in [6.07, 6.45) is 5.00. The van der Waals surface area contributed by atoms with Gasteiger partial charge < -0.3 is 0 Å². The molecule has 2 atom stereocenters. The van der Waals surface area contributed by atoms with Gasteiger partial charge in [0.15, 0.2) is 11.5 Å². The first-order chi connectivity index (χ1) is 10.2. The molecule has 2 bridgehead atoms. The Morgan fingerprint density at radius 3 is 1.67 bits per heavy atom. The molecule has 0 amide bonds. The molecule has 2 aromatic carbocycles. The van der Waals surface area contributed by atoms with Crippen molar-refractivity contribution in [3.8, 4) is 11.5 Å². The van der Waals surface area contributed by atoms with Crippen LogP contribution in [0.3, 0.4) is 0 Å². The molecule has 2 aliphatic carbocycles. The Morgan fingerprint density at radius 2 is 1.29 bits per heavy atom. The van der Waals surface area contributed by atoms with Gasteiger partial charge in [0.25, 0.3) is 0 Å². The molecule has 0 aromatic heterocycles. The van der Waals surface area contributed by atoms with Crippen LogP contribution in [0.5, 0.6) is 11.5 Å². The molecule has 0 aliphatic heterocycles. The fourth-order valence-electron chi connectivity index (χ4n) is 4.71. The normalized spacial score (nSPS) is 26.1. The Bertz CT molecular complexity index is 597. The Kier molecular flexibility index (Phi) is 2.75. The molecule has 0 saturated heterocycles. The van der Waals surface area contributed by atoms with Crippen LogP contribution in [0.25, 0.3) is 0 Å². The summed E-state index contributed by atoms with van der Waals surface area (Å²) in [5.41, 5.74) is 2.49. The quantitative estimate of drug-likeness (QED) is 0.735. The molecule has 0 N–H and O–H groups in total. The van der Waals surface area contributed by atoms with E-state index in [2.05, 4.69) is 0 Å². The molecule has 106 valence electrons. The predicted octanol–water partition coefficient (Wildman–Crippen LogP) is 5.08. The van der Waals surface area contributed by atoms with Crippen molar-refractivity contribution in [2.75, 3.05) is 0 Å². The van der Waals surface area contributed by atoms with Crippen molar-refractivity contribution in [1.29, 1.82) is 0 Å². The lowest BCUT2D eigenvalue weighted by atomic mass is 9.64. The Labute approximate surface area is 125 Å². The third-order valence-corrected chi connectivity index (χ3v) is 5.59. The third kappa shape index (κ3) is 1.85. The number of hydrogen-bond donors (Lipinski definition) is 0. The van der Waals surface area contributed by atoms with Gasteiger partial charge in [0.1, 0.15) is 0 Å². The standard InChI is InChI=1S/C19H18O2/c20-17-7-3-14(4-8-17)19(12-13-1-2-16(19)11-13)15-5-9-18(21)10-6-15/h3-10,13,16H,1-2,11-12H2. The van der Waals surface area contributed by atoms with Crippen LogP contribution < -0.4 is 0 Å². The van der Waals surface area contributed by atoms with Crippen molar-refractivity contribution in [1.82, 2.24) is 0 Å². The molecule has 2 unspecified atom stereocenters. The summed E-state index contributed by atoms with van der Waals surface area (Å²) < 4.78 is 0. The van der Waals surface area contributed by atoms with Crippen molar-refractivity contribution in [3.05, 3.63) is 59.7 Å². The lowest BCUT2D eigenvalue weighted by Crippen LogP contribution is -2.33. The van der Waals surface area contributed by atoms with Gasteiger partial charge in [-0.1, -0.05) is 30.7 Å². The summed E-state index contributed by atoms with van der Waals surface area (Å²) in [5.74, 6) is 1.55. The van der Waals surface area contributed by atoms with Gasteiger partial charge in [0.2, 0.25) is 0 Å². The molecule has 0 spiro atoms. The van der Waals surface area contributed by atoms with Crippen LogP contribution in [0.15, 0.2) is 48.5 Å². The van der Waals surface area contributed by atoms with Crippen molar-refractivity contribution in [3.63, 3.8) is 0 Å². The Balaban J connectivity index is 1.87. The molecule has 21 heavy (non-hydrogen) atoms. The fourth-order valence-corrected chi connectivity index (χ4v) is 4.71. The second kappa shape index (κ2) is 4.52. The second-order valence-electron chi connectivity index (χ2n) is 6.60. The monoisotopic (exact) mass is 278 g/mol. The zero-order valence-corrected chi connectivity index (χ0v) is 11.9. The van der Waals surface area contributed by atoms with Crippen molar-refractivity contribution in [2.45, 2.75) is 31.1 Å². The second-order valence-corrected chi connectivity index (χ2v) is 6.60. The van der Waals surface area contributed by atoms with Crippen LogP contribution in [0.2, 0.25) is 0 Å². The van der Waals surface area contributed by atoms with Crippen molar-refractivity contribution in [2.24, 2.45) is 11.8 Å². The minimum absolute atomic E-state index is 0.00428. The molecule has 2 nitrogen and oxygen atoms in total. The molecule has 2 radical (unpaired) electrons. The molecule has 4 rings (SSSR count). The molecule has 2 aliphatic rings. The van der Waals surface area contributed by atoms with Crippen LogP contribution in [0, 0.1) is 11.8 Å². The van der Waals surface area contributed by atoms with Crippen LogP contribution in [0.4, 0.5) is 0 Å². The molecular weight excluding hydrogens is 260 g/mol. The average molecular weight is 278 g/mol. The van der Waals surface area contributed by atoms with E-state index in [0.717, 1.165) is 12.3 Å². The Morgan fingerprint density at radius 1 is 0.762 bits per heavy atom. The molecule has 2 saturated carbocycles. The molecular formula is C19H18O2. The van der Waals surface area contributed by atoms with Gasteiger partial charge in [-0.25, -0.2) is 0 Å². The maximum atomic E-state index is 11.4. The van der Waals surface area contributed by atoms with E-state index in [0.29, 0.717) is 5.92 Å². The summed E-state index contributed by atoms with van der Waals surface area (Å²) in [4.78, 5) is 0. The van der Waals surface area contributed by atoms with Crippen LogP contribution >= 0.6 is 0 Å². The van der Waals surface area contributed by atoms with Crippen molar-refractivity contribution < 1.29 is 10.2 Å². The van der Waals surface area contributed by atoms with Gasteiger partial charge in [-0.3, -0.25) is 10.2 Å². The van der Waals surface area contributed by atoms with Crippen LogP contribution in [0.1, 0.15) is 36.8 Å². The molecule has 2 fully saturated rings. The summed E-state index contributed by atoms with van der Waals surface area (Å²) in [6.45, 7) is 0. The Hall–Kier alpha value is -1.96. The van der Waals surface area contributed by atoms with Crippen LogP contribution in [-0.2, 0) is 15.6 Å². The number of benzene rings is 2. The van der Waals surface area contributed by atoms with E-state index in [1.807, 2.05) is 24.3 Å². The maximum absolute atomic E-state index is 11.4. The number of hydrogen-bond acceptors (Lipinski definition) is 0. The topological polar surface area (TPSA) is 39.8 Å². The zero-order chi connectivity index (χ0) is 14.4. The van der Waals surface area contributed by atoms with Gasteiger partial charge in [-0.05, 0) is 66.5 Å². The van der Waals surface area contributed by atoms with E-state index in [1.54, 1.807) is 24.3 Å². The van der Waals surface area contributed by atoms with E-state index < -0.39 is 0 Å². The van der Waals surface area contributed by atoms with E-state index in [1.165, 1.54) is 30.4 Å². The van der Waals surface area contributed by atoms with Gasteiger partial charge in [0.05, 0.1) is 0 Å². The molecule has 0 heterocycles. The highest BCUT2D eigenvalue weighted by Crippen LogP contribution is 2.60. The first kappa shape index (κ1) is 12.8. The summed E-state index contributed by atoms with van der Waals surface area (Å²) >= 11 is 0. The summed E-state index contributed by atoms with van der Waals surface area (Å²) in [5, 5.41) is 22.9. The van der Waals surface area contributed by atoms with Gasteiger partial charge in [0, 0.05) is 5.41 Å². The van der Waals surface area contributed by atoms with E-state index >= 15 is 0 Å². The lowest BCUT2D eigenvalue weighted by Gasteiger charge is -2.39. The van der Waals surface area contributed by atoms with Crippen molar-refractivity contribution >= 4 is 0 Å². The SMILES string of the molecule is [O]c1ccc(C2(c3ccc([O])cc3)CC3CCC2C3)cc1. The highest BCUT2D eigenvalue weighted by atomic mass is 16.3. The number of fused-ring (bicyclic) bond motifs is 2. The first-order valence-electron chi connectivity index (χ1n) is 7.73. The average Bonchev–Trinajstić information content (AvgIpc) is 3.10. The minimum Gasteiger partial charge on any atom is -0.290 e. The summed E-state index contributed by atoms with van der Waals surface area (Å²) in [7, 11) is 0. The van der Waals surface area contributed by atoms with Gasteiger partial charge in [-0.15, -0.1) is 0 Å². The highest BCUT2D eigenvalue weighted by Gasteiger charge is 2.52. The summed E-state index contributed by atoms with van der Waals surface area (Å²) in [6, 6.07) is 14.7. The fraction of sp³-hybridized carbons (Fsp3) is 0.368.